The zero-order valence-electron chi connectivity index (χ0n) is 12.9. The van der Waals surface area contributed by atoms with Gasteiger partial charge in [-0.1, -0.05) is 33.1 Å². The van der Waals surface area contributed by atoms with Crippen LogP contribution in [0.3, 0.4) is 0 Å². The molecule has 0 bridgehead atoms. The molecule has 7 heteroatoms. The molecule has 0 aromatic carbocycles. The Morgan fingerprint density at radius 3 is 2.30 bits per heavy atom. The molecule has 1 aliphatic heterocycles. The first-order chi connectivity index (χ1) is 9.32. The van der Waals surface area contributed by atoms with Gasteiger partial charge >= 0.3 is 10.4 Å². The van der Waals surface area contributed by atoms with Gasteiger partial charge in [0, 0.05) is 26.0 Å². The van der Waals surface area contributed by atoms with Crippen LogP contribution in [0.1, 0.15) is 39.5 Å². The van der Waals surface area contributed by atoms with Crippen LogP contribution in [0.25, 0.3) is 0 Å². The average molecular weight is 308 g/mol. The third kappa shape index (κ3) is 10.1. The van der Waals surface area contributed by atoms with Crippen molar-refractivity contribution in [1.82, 2.24) is 9.80 Å². The van der Waals surface area contributed by atoms with E-state index >= 15 is 0 Å². The van der Waals surface area contributed by atoms with E-state index in [9.17, 15) is 8.42 Å². The first kappa shape index (κ1) is 19.2. The molecule has 0 amide bonds. The van der Waals surface area contributed by atoms with Gasteiger partial charge in [-0.25, -0.2) is 0 Å². The molecule has 0 saturated carbocycles. The quantitative estimate of drug-likeness (QED) is 0.728. The van der Waals surface area contributed by atoms with Crippen molar-refractivity contribution in [1.29, 1.82) is 0 Å². The molecule has 0 aliphatic carbocycles. The Balaban J connectivity index is 0.000000511. The summed E-state index contributed by atoms with van der Waals surface area (Å²) in [5.41, 5.74) is 0. The SMILES string of the molecule is CCCCC(CC)CN1C=CN(C)C1.COS(=O)(=O)O. The molecule has 0 aromatic rings. The van der Waals surface area contributed by atoms with Gasteiger partial charge in [0.15, 0.2) is 0 Å². The monoisotopic (exact) mass is 308 g/mol. The predicted octanol–water partition coefficient (Wildman–Crippen LogP) is 2.31. The second-order valence-corrected chi connectivity index (χ2v) is 6.17. The van der Waals surface area contributed by atoms with Crippen LogP contribution in [0.5, 0.6) is 0 Å². The summed E-state index contributed by atoms with van der Waals surface area (Å²) >= 11 is 0. The molecule has 1 aliphatic rings. The first-order valence-electron chi connectivity index (χ1n) is 6.98. The molecule has 1 unspecified atom stereocenters. The Morgan fingerprint density at radius 1 is 1.35 bits per heavy atom. The molecule has 20 heavy (non-hydrogen) atoms. The molecule has 1 N–H and O–H groups in total. The van der Waals surface area contributed by atoms with Crippen LogP contribution in [0, 0.1) is 5.92 Å². The zero-order valence-corrected chi connectivity index (χ0v) is 13.8. The van der Waals surface area contributed by atoms with Gasteiger partial charge in [0.1, 0.15) is 0 Å². The molecular formula is C13H28N2O4S. The molecule has 120 valence electrons. The van der Waals surface area contributed by atoms with E-state index in [2.05, 4.69) is 47.3 Å². The van der Waals surface area contributed by atoms with Crippen LogP contribution in [-0.2, 0) is 14.6 Å². The molecule has 1 rings (SSSR count). The van der Waals surface area contributed by atoms with E-state index < -0.39 is 10.4 Å². The molecule has 6 nitrogen and oxygen atoms in total. The summed E-state index contributed by atoms with van der Waals surface area (Å²) in [6, 6.07) is 0. The predicted molar refractivity (Wildman–Crippen MR) is 80.3 cm³/mol. The maximum atomic E-state index is 9.33. The fourth-order valence-corrected chi connectivity index (χ4v) is 1.96. The lowest BCUT2D eigenvalue weighted by Crippen LogP contribution is -2.27. The number of nitrogens with zero attached hydrogens (tertiary/aromatic N) is 2. The third-order valence-corrected chi connectivity index (χ3v) is 3.60. The minimum atomic E-state index is -4.16. The minimum Gasteiger partial charge on any atom is -0.362 e. The maximum Gasteiger partial charge on any atom is 0.397 e. The second-order valence-electron chi connectivity index (χ2n) is 4.98. The summed E-state index contributed by atoms with van der Waals surface area (Å²) in [6.45, 7) is 6.89. The van der Waals surface area contributed by atoms with Gasteiger partial charge < -0.3 is 9.80 Å². The number of hydrogen-bond acceptors (Lipinski definition) is 5. The Hall–Kier alpha value is -0.790. The van der Waals surface area contributed by atoms with Gasteiger partial charge in [0.25, 0.3) is 0 Å². The zero-order chi connectivity index (χ0) is 15.6. The molecular weight excluding hydrogens is 280 g/mol. The molecule has 0 spiro atoms. The van der Waals surface area contributed by atoms with Gasteiger partial charge in [0.2, 0.25) is 0 Å². The lowest BCUT2D eigenvalue weighted by Gasteiger charge is -2.23. The van der Waals surface area contributed by atoms with E-state index in [1.54, 1.807) is 0 Å². The summed E-state index contributed by atoms with van der Waals surface area (Å²) in [5.74, 6) is 0.881. The normalized spacial score (nSPS) is 16.1. The fourth-order valence-electron chi connectivity index (χ4n) is 1.96. The van der Waals surface area contributed by atoms with Crippen molar-refractivity contribution in [3.63, 3.8) is 0 Å². The van der Waals surface area contributed by atoms with Crippen molar-refractivity contribution in [2.75, 3.05) is 27.4 Å². The lowest BCUT2D eigenvalue weighted by molar-refractivity contribution is 0.246. The van der Waals surface area contributed by atoms with Crippen LogP contribution in [0.4, 0.5) is 0 Å². The Labute approximate surface area is 123 Å². The minimum absolute atomic E-state index is 0.870. The van der Waals surface area contributed by atoms with E-state index in [1.165, 1.54) is 32.2 Å². The van der Waals surface area contributed by atoms with Crippen molar-refractivity contribution in [2.24, 2.45) is 5.92 Å². The standard InChI is InChI=1S/C12H24N2.CH4O4S/c1-4-6-7-12(5-2)10-14-9-8-13(3)11-14;1-5-6(2,3)4/h8-9,12H,4-7,10-11H2,1-3H3;1H3,(H,2,3,4). The summed E-state index contributed by atoms with van der Waals surface area (Å²) in [4.78, 5) is 4.65. The van der Waals surface area contributed by atoms with Crippen molar-refractivity contribution < 1.29 is 17.2 Å². The largest absolute Gasteiger partial charge is 0.397 e. The molecule has 1 heterocycles. The van der Waals surface area contributed by atoms with Gasteiger partial charge in [-0.2, -0.15) is 8.42 Å². The average Bonchev–Trinajstić information content (AvgIpc) is 2.80. The molecule has 0 saturated heterocycles. The van der Waals surface area contributed by atoms with Crippen molar-refractivity contribution in [3.05, 3.63) is 12.4 Å². The van der Waals surface area contributed by atoms with E-state index in [-0.39, 0.29) is 0 Å². The fraction of sp³-hybridized carbons (Fsp3) is 0.846. The summed E-state index contributed by atoms with van der Waals surface area (Å²) < 4.78 is 29.7. The van der Waals surface area contributed by atoms with Gasteiger partial charge in [-0.15, -0.1) is 0 Å². The number of hydrogen-bond donors (Lipinski definition) is 1. The van der Waals surface area contributed by atoms with Crippen molar-refractivity contribution in [2.45, 2.75) is 39.5 Å². The van der Waals surface area contributed by atoms with E-state index in [4.69, 9.17) is 4.55 Å². The second kappa shape index (κ2) is 10.0. The summed E-state index contributed by atoms with van der Waals surface area (Å²) in [5, 5.41) is 0. The van der Waals surface area contributed by atoms with Crippen LogP contribution in [0.2, 0.25) is 0 Å². The Morgan fingerprint density at radius 2 is 1.95 bits per heavy atom. The van der Waals surface area contributed by atoms with E-state index in [1.807, 2.05) is 0 Å². The Kier molecular flexibility index (Phi) is 9.62. The molecule has 0 fully saturated rings. The van der Waals surface area contributed by atoms with Gasteiger partial charge in [-0.05, 0) is 12.3 Å². The molecule has 1 atom stereocenters. The van der Waals surface area contributed by atoms with Crippen LogP contribution < -0.4 is 0 Å². The molecule has 0 radical (unpaired) electrons. The topological polar surface area (TPSA) is 70.1 Å². The summed E-state index contributed by atoms with van der Waals surface area (Å²) in [6.07, 6.45) is 9.79. The first-order valence-corrected chi connectivity index (χ1v) is 8.34. The molecule has 0 aromatic heterocycles. The highest BCUT2D eigenvalue weighted by molar-refractivity contribution is 7.80. The number of rotatable bonds is 7. The summed E-state index contributed by atoms with van der Waals surface area (Å²) in [7, 11) is -1.16. The van der Waals surface area contributed by atoms with Crippen molar-refractivity contribution >= 4 is 10.4 Å². The third-order valence-electron chi connectivity index (χ3n) is 3.18. The van der Waals surface area contributed by atoms with Gasteiger partial charge in [0.05, 0.1) is 13.8 Å². The smallest absolute Gasteiger partial charge is 0.362 e. The highest BCUT2D eigenvalue weighted by Crippen LogP contribution is 2.16. The van der Waals surface area contributed by atoms with Gasteiger partial charge in [-0.3, -0.25) is 8.74 Å². The van der Waals surface area contributed by atoms with Crippen LogP contribution in [0.15, 0.2) is 12.4 Å². The highest BCUT2D eigenvalue weighted by atomic mass is 32.3. The van der Waals surface area contributed by atoms with E-state index in [0.717, 1.165) is 19.7 Å². The van der Waals surface area contributed by atoms with Crippen LogP contribution in [-0.4, -0.2) is 50.1 Å². The van der Waals surface area contributed by atoms with Crippen molar-refractivity contribution in [3.8, 4) is 0 Å². The lowest BCUT2D eigenvalue weighted by atomic mass is 9.99. The van der Waals surface area contributed by atoms with E-state index in [0.29, 0.717) is 0 Å². The highest BCUT2D eigenvalue weighted by Gasteiger charge is 2.13. The van der Waals surface area contributed by atoms with Crippen LogP contribution >= 0.6 is 0 Å². The maximum absolute atomic E-state index is 9.33. The Bertz CT molecular complexity index is 371. The number of unbranched alkanes of at least 4 members (excludes halogenated alkanes) is 1.